The van der Waals surface area contributed by atoms with Gasteiger partial charge in [0.05, 0.1) is 30.9 Å². The van der Waals surface area contributed by atoms with E-state index < -0.39 is 24.7 Å². The number of allylic oxidation sites excluding steroid dienone is 1. The first-order valence-electron chi connectivity index (χ1n) is 8.33. The lowest BCUT2D eigenvalue weighted by atomic mass is 9.94. The summed E-state index contributed by atoms with van der Waals surface area (Å²) in [4.78, 5) is 26.4. The summed E-state index contributed by atoms with van der Waals surface area (Å²) < 4.78 is 39.7. The fourth-order valence-corrected chi connectivity index (χ4v) is 3.38. The van der Waals surface area contributed by atoms with E-state index in [1.807, 2.05) is 0 Å². The minimum Gasteiger partial charge on any atom is -0.493 e. The van der Waals surface area contributed by atoms with Crippen LogP contribution in [0.5, 0.6) is 11.5 Å². The van der Waals surface area contributed by atoms with Crippen molar-refractivity contribution in [2.45, 2.75) is 39.5 Å². The van der Waals surface area contributed by atoms with Crippen LogP contribution in [0.1, 0.15) is 32.4 Å². The number of carbonyl (C=O) groups is 2. The van der Waals surface area contributed by atoms with Crippen molar-refractivity contribution in [3.63, 3.8) is 0 Å². The number of urea groups is 1. The van der Waals surface area contributed by atoms with Gasteiger partial charge in [-0.05, 0) is 38.5 Å². The summed E-state index contributed by atoms with van der Waals surface area (Å²) in [6, 6.07) is 1.15. The highest BCUT2D eigenvalue weighted by molar-refractivity contribution is 6.32. The summed E-state index contributed by atoms with van der Waals surface area (Å²) in [5.74, 6) is -1.05. The highest BCUT2D eigenvalue weighted by Crippen LogP contribution is 2.41. The van der Waals surface area contributed by atoms with Gasteiger partial charge in [0.1, 0.15) is 0 Å². The summed E-state index contributed by atoms with van der Waals surface area (Å²) >= 11 is 6.10. The summed E-state index contributed by atoms with van der Waals surface area (Å²) in [6.45, 7) is 2.13. The summed E-state index contributed by atoms with van der Waals surface area (Å²) in [7, 11) is 2.49. The predicted molar refractivity (Wildman–Crippen MR) is 97.6 cm³/mol. The number of nitrogens with one attached hydrogen (secondary N) is 1. The smallest absolute Gasteiger partial charge is 0.387 e. The van der Waals surface area contributed by atoms with Crippen LogP contribution < -0.4 is 14.8 Å². The molecule has 1 N–H and O–H groups in total. The van der Waals surface area contributed by atoms with Crippen LogP contribution >= 0.6 is 11.6 Å². The van der Waals surface area contributed by atoms with Gasteiger partial charge in [-0.25, -0.2) is 9.59 Å². The lowest BCUT2D eigenvalue weighted by molar-refractivity contribution is -0.136. The Morgan fingerprint density at radius 1 is 1.29 bits per heavy atom. The van der Waals surface area contributed by atoms with Gasteiger partial charge < -0.3 is 19.5 Å². The molecule has 0 radical (unpaired) electrons. The van der Waals surface area contributed by atoms with Crippen LogP contribution in [0.15, 0.2) is 23.4 Å². The van der Waals surface area contributed by atoms with E-state index in [1.54, 1.807) is 20.8 Å². The normalized spacial score (nSPS) is 17.1. The molecule has 7 nitrogen and oxygen atoms in total. The number of hydrogen-bond acceptors (Lipinski definition) is 5. The minimum absolute atomic E-state index is 0.0646. The molecule has 0 aromatic heterocycles. The molecule has 1 aliphatic heterocycles. The number of esters is 1. The van der Waals surface area contributed by atoms with Gasteiger partial charge in [-0.2, -0.15) is 8.78 Å². The Kier molecular flexibility index (Phi) is 6.71. The summed E-state index contributed by atoms with van der Waals surface area (Å²) in [5.41, 5.74) is 0.954. The van der Waals surface area contributed by atoms with E-state index >= 15 is 0 Å². The van der Waals surface area contributed by atoms with Crippen LogP contribution in [0.2, 0.25) is 5.02 Å². The molecule has 0 saturated carbocycles. The summed E-state index contributed by atoms with van der Waals surface area (Å²) in [5, 5.41) is 2.57. The Balaban J connectivity index is 2.63. The Labute approximate surface area is 166 Å². The molecule has 0 spiro atoms. The molecule has 0 bridgehead atoms. The first kappa shape index (κ1) is 21.7. The first-order chi connectivity index (χ1) is 13.1. The van der Waals surface area contributed by atoms with E-state index in [4.69, 9.17) is 21.1 Å². The number of benzene rings is 1. The van der Waals surface area contributed by atoms with Crippen molar-refractivity contribution in [2.75, 3.05) is 14.2 Å². The second-order valence-electron chi connectivity index (χ2n) is 6.25. The van der Waals surface area contributed by atoms with Crippen LogP contribution in [0, 0.1) is 0 Å². The van der Waals surface area contributed by atoms with E-state index in [9.17, 15) is 18.4 Å². The zero-order valence-corrected chi connectivity index (χ0v) is 16.8. The quantitative estimate of drug-likeness (QED) is 0.709. The van der Waals surface area contributed by atoms with Gasteiger partial charge in [-0.1, -0.05) is 11.6 Å². The molecule has 2 rings (SSSR count). The topological polar surface area (TPSA) is 77.1 Å². The highest BCUT2D eigenvalue weighted by Gasteiger charge is 2.38. The Morgan fingerprint density at radius 3 is 2.43 bits per heavy atom. The molecule has 2 amide bonds. The maximum absolute atomic E-state index is 12.6. The van der Waals surface area contributed by atoms with Crippen LogP contribution in [0.4, 0.5) is 13.6 Å². The summed E-state index contributed by atoms with van der Waals surface area (Å²) in [6.07, 6.45) is 0. The van der Waals surface area contributed by atoms with Gasteiger partial charge in [0, 0.05) is 11.7 Å². The van der Waals surface area contributed by atoms with Crippen LogP contribution in [-0.4, -0.2) is 43.8 Å². The van der Waals surface area contributed by atoms with Crippen LogP contribution in [0.3, 0.4) is 0 Å². The number of alkyl halides is 2. The molecule has 1 aromatic rings. The van der Waals surface area contributed by atoms with Gasteiger partial charge in [0.15, 0.2) is 11.5 Å². The molecule has 10 heteroatoms. The Bertz CT molecular complexity index is 813. The Morgan fingerprint density at radius 2 is 1.93 bits per heavy atom. The second kappa shape index (κ2) is 8.64. The van der Waals surface area contributed by atoms with Crippen molar-refractivity contribution in [3.05, 3.63) is 34.0 Å². The molecular formula is C18H21ClF2N2O5. The van der Waals surface area contributed by atoms with Crippen LogP contribution in [0.25, 0.3) is 0 Å². The number of carbonyl (C=O) groups excluding carboxylic acids is 2. The van der Waals surface area contributed by atoms with Crippen molar-refractivity contribution >= 4 is 23.6 Å². The lowest BCUT2D eigenvalue weighted by Crippen LogP contribution is -2.50. The third kappa shape index (κ3) is 4.14. The number of rotatable bonds is 6. The molecule has 28 heavy (non-hydrogen) atoms. The monoisotopic (exact) mass is 418 g/mol. The third-order valence-electron chi connectivity index (χ3n) is 4.24. The number of nitrogens with zero attached hydrogens (tertiary/aromatic N) is 1. The maximum Gasteiger partial charge on any atom is 0.387 e. The minimum atomic E-state index is -3.10. The maximum atomic E-state index is 12.6. The highest BCUT2D eigenvalue weighted by atomic mass is 35.5. The standard InChI is InChI=1S/C18H21ClF2N2O5/c1-8(2)23-9(3)13(16(24)27-5)14(22-18(23)25)10-6-11(19)15(28-17(20)21)12(7-10)26-4/h6-8,14,17H,1-5H3,(H,22,25)/t14-/m0/s1. The SMILES string of the molecule is COC(=O)C1=C(C)N(C(C)C)C(=O)N[C@H]1c1cc(Cl)c(OC(F)F)c(OC)c1. The van der Waals surface area contributed by atoms with E-state index in [2.05, 4.69) is 10.1 Å². The molecule has 154 valence electrons. The van der Waals surface area contributed by atoms with Gasteiger partial charge in [-0.15, -0.1) is 0 Å². The van der Waals surface area contributed by atoms with E-state index in [-0.39, 0.29) is 28.1 Å². The van der Waals surface area contributed by atoms with Crippen molar-refractivity contribution in [1.82, 2.24) is 10.2 Å². The molecule has 1 heterocycles. The van der Waals surface area contributed by atoms with Crippen molar-refractivity contribution in [2.24, 2.45) is 0 Å². The fourth-order valence-electron chi connectivity index (χ4n) is 3.11. The molecule has 1 aromatic carbocycles. The number of ether oxygens (including phenoxy) is 3. The van der Waals surface area contributed by atoms with Crippen molar-refractivity contribution in [3.8, 4) is 11.5 Å². The number of hydrogen-bond donors (Lipinski definition) is 1. The molecule has 0 saturated heterocycles. The molecule has 1 aliphatic rings. The van der Waals surface area contributed by atoms with E-state index in [1.165, 1.54) is 31.3 Å². The molecule has 1 atom stereocenters. The van der Waals surface area contributed by atoms with Gasteiger partial charge in [-0.3, -0.25) is 4.90 Å². The molecule has 0 fully saturated rings. The first-order valence-corrected chi connectivity index (χ1v) is 8.71. The largest absolute Gasteiger partial charge is 0.493 e. The average molecular weight is 419 g/mol. The zero-order valence-electron chi connectivity index (χ0n) is 16.0. The van der Waals surface area contributed by atoms with E-state index in [0.29, 0.717) is 11.3 Å². The average Bonchev–Trinajstić information content (AvgIpc) is 2.61. The molecular weight excluding hydrogens is 398 g/mol. The fraction of sp³-hybridized carbons (Fsp3) is 0.444. The van der Waals surface area contributed by atoms with Gasteiger partial charge in [0.25, 0.3) is 0 Å². The Hall–Kier alpha value is -2.55. The number of amides is 2. The molecule has 0 aliphatic carbocycles. The van der Waals surface area contributed by atoms with E-state index in [0.717, 1.165) is 0 Å². The number of methoxy groups -OCH3 is 2. The van der Waals surface area contributed by atoms with Crippen LogP contribution in [-0.2, 0) is 9.53 Å². The molecule has 0 unspecified atom stereocenters. The lowest BCUT2D eigenvalue weighted by Gasteiger charge is -2.37. The predicted octanol–water partition coefficient (Wildman–Crippen LogP) is 3.87. The zero-order chi connectivity index (χ0) is 21.2. The van der Waals surface area contributed by atoms with Gasteiger partial charge >= 0.3 is 18.6 Å². The number of halogens is 3. The second-order valence-corrected chi connectivity index (χ2v) is 6.66. The van der Waals surface area contributed by atoms with Gasteiger partial charge in [0.2, 0.25) is 0 Å². The third-order valence-corrected chi connectivity index (χ3v) is 4.52. The van der Waals surface area contributed by atoms with Crippen molar-refractivity contribution in [1.29, 1.82) is 0 Å². The van der Waals surface area contributed by atoms with Crippen molar-refractivity contribution < 1.29 is 32.6 Å².